The van der Waals surface area contributed by atoms with E-state index in [1.165, 1.54) is 4.90 Å². The van der Waals surface area contributed by atoms with Crippen molar-refractivity contribution in [2.24, 2.45) is 0 Å². The Morgan fingerprint density at radius 3 is 2.45 bits per heavy atom. The molecule has 9 heteroatoms. The second kappa shape index (κ2) is 9.51. The van der Waals surface area contributed by atoms with Crippen molar-refractivity contribution in [2.75, 3.05) is 44.6 Å². The van der Waals surface area contributed by atoms with Crippen molar-refractivity contribution >= 4 is 29.4 Å². The fraction of sp³-hybridized carbons (Fsp3) is 0.583. The van der Waals surface area contributed by atoms with Crippen LogP contribution in [0.1, 0.15) is 43.2 Å². The standard InChI is InChI=1S/C24H33N5O4/c1-17-6-5-7-19(18(17)2)25-20(30)16-27-12-14-28(15-13-27)21(31)8-11-29-22(32)24(26-23(29)33)9-3-4-10-24/h5-7H,3-4,8-16H2,1-2H3,(H,25,30)(H,26,33). The number of piperazine rings is 1. The number of imide groups is 1. The Morgan fingerprint density at radius 2 is 1.76 bits per heavy atom. The molecule has 2 aliphatic heterocycles. The predicted octanol–water partition coefficient (Wildman–Crippen LogP) is 1.64. The van der Waals surface area contributed by atoms with Crippen molar-refractivity contribution in [1.82, 2.24) is 20.0 Å². The first-order chi connectivity index (χ1) is 15.8. The van der Waals surface area contributed by atoms with E-state index in [1.54, 1.807) is 4.90 Å². The molecule has 0 radical (unpaired) electrons. The van der Waals surface area contributed by atoms with Crippen molar-refractivity contribution in [3.63, 3.8) is 0 Å². The second-order valence-electron chi connectivity index (χ2n) is 9.38. The van der Waals surface area contributed by atoms with Gasteiger partial charge in [-0.1, -0.05) is 25.0 Å². The molecule has 1 aromatic carbocycles. The minimum Gasteiger partial charge on any atom is -0.340 e. The fourth-order valence-corrected chi connectivity index (χ4v) is 5.00. The van der Waals surface area contributed by atoms with E-state index in [4.69, 9.17) is 0 Å². The molecule has 1 aliphatic carbocycles. The zero-order chi connectivity index (χ0) is 23.6. The maximum Gasteiger partial charge on any atom is 0.325 e. The van der Waals surface area contributed by atoms with Crippen LogP contribution in [0.15, 0.2) is 18.2 Å². The third kappa shape index (κ3) is 4.88. The highest BCUT2D eigenvalue weighted by Gasteiger charge is 2.52. The number of amides is 5. The van der Waals surface area contributed by atoms with Gasteiger partial charge >= 0.3 is 6.03 Å². The molecule has 0 aromatic heterocycles. The van der Waals surface area contributed by atoms with Gasteiger partial charge in [-0.05, 0) is 43.9 Å². The number of carbonyl (C=O) groups is 4. The van der Waals surface area contributed by atoms with Gasteiger partial charge in [-0.2, -0.15) is 0 Å². The van der Waals surface area contributed by atoms with E-state index in [0.717, 1.165) is 29.7 Å². The number of benzene rings is 1. The Labute approximate surface area is 194 Å². The number of rotatable bonds is 6. The molecule has 3 fully saturated rings. The molecule has 5 amide bonds. The summed E-state index contributed by atoms with van der Waals surface area (Å²) in [5.41, 5.74) is 2.29. The highest BCUT2D eigenvalue weighted by molar-refractivity contribution is 6.07. The van der Waals surface area contributed by atoms with Gasteiger partial charge in [-0.3, -0.25) is 24.2 Å². The molecular weight excluding hydrogens is 422 g/mol. The summed E-state index contributed by atoms with van der Waals surface area (Å²) < 4.78 is 0. The van der Waals surface area contributed by atoms with Crippen molar-refractivity contribution in [1.29, 1.82) is 0 Å². The third-order valence-electron chi connectivity index (χ3n) is 7.22. The number of nitrogens with one attached hydrogen (secondary N) is 2. The van der Waals surface area contributed by atoms with Crippen LogP contribution in [0.5, 0.6) is 0 Å². The molecule has 0 bridgehead atoms. The Kier molecular flexibility index (Phi) is 6.69. The van der Waals surface area contributed by atoms with E-state index in [9.17, 15) is 19.2 Å². The van der Waals surface area contributed by atoms with Gasteiger partial charge in [0.2, 0.25) is 11.8 Å². The van der Waals surface area contributed by atoms with Crippen LogP contribution in [-0.4, -0.2) is 83.3 Å². The first kappa shape index (κ1) is 23.2. The molecule has 9 nitrogen and oxygen atoms in total. The molecule has 1 saturated carbocycles. The summed E-state index contributed by atoms with van der Waals surface area (Å²) in [7, 11) is 0. The quantitative estimate of drug-likeness (QED) is 0.635. The number of hydrogen-bond donors (Lipinski definition) is 2. The van der Waals surface area contributed by atoms with Gasteiger partial charge in [0.15, 0.2) is 0 Å². The summed E-state index contributed by atoms with van der Waals surface area (Å²) in [6.07, 6.45) is 3.36. The number of carbonyl (C=O) groups excluding carboxylic acids is 4. The van der Waals surface area contributed by atoms with Gasteiger partial charge in [0, 0.05) is 44.8 Å². The monoisotopic (exact) mass is 455 g/mol. The molecule has 178 valence electrons. The molecule has 1 aromatic rings. The summed E-state index contributed by atoms with van der Waals surface area (Å²) in [4.78, 5) is 55.1. The van der Waals surface area contributed by atoms with Crippen LogP contribution >= 0.6 is 0 Å². The van der Waals surface area contributed by atoms with Crippen LogP contribution in [0.25, 0.3) is 0 Å². The van der Waals surface area contributed by atoms with Crippen molar-refractivity contribution < 1.29 is 19.2 Å². The van der Waals surface area contributed by atoms with E-state index in [2.05, 4.69) is 10.6 Å². The molecule has 33 heavy (non-hydrogen) atoms. The lowest BCUT2D eigenvalue weighted by Gasteiger charge is -2.34. The first-order valence-corrected chi connectivity index (χ1v) is 11.8. The Morgan fingerprint density at radius 1 is 1.06 bits per heavy atom. The average molecular weight is 456 g/mol. The Balaban J connectivity index is 1.21. The molecule has 0 unspecified atom stereocenters. The van der Waals surface area contributed by atoms with Gasteiger partial charge < -0.3 is 15.5 Å². The summed E-state index contributed by atoms with van der Waals surface area (Å²) in [6, 6.07) is 5.46. The van der Waals surface area contributed by atoms with Gasteiger partial charge in [-0.25, -0.2) is 4.79 Å². The Bertz CT molecular complexity index is 948. The number of aryl methyl sites for hydroxylation is 1. The number of nitrogens with zero attached hydrogens (tertiary/aromatic N) is 3. The molecule has 4 rings (SSSR count). The first-order valence-electron chi connectivity index (χ1n) is 11.8. The number of urea groups is 1. The number of hydrogen-bond acceptors (Lipinski definition) is 5. The summed E-state index contributed by atoms with van der Waals surface area (Å²) in [5.74, 6) is -0.317. The summed E-state index contributed by atoms with van der Waals surface area (Å²) >= 11 is 0. The van der Waals surface area contributed by atoms with Gasteiger partial charge in [-0.15, -0.1) is 0 Å². The van der Waals surface area contributed by atoms with Crippen molar-refractivity contribution in [2.45, 2.75) is 51.5 Å². The van der Waals surface area contributed by atoms with Gasteiger partial charge in [0.05, 0.1) is 6.54 Å². The zero-order valence-electron chi connectivity index (χ0n) is 19.5. The molecule has 3 aliphatic rings. The van der Waals surface area contributed by atoms with Crippen LogP contribution in [0.3, 0.4) is 0 Å². The molecule has 0 atom stereocenters. The van der Waals surface area contributed by atoms with Crippen LogP contribution in [0.4, 0.5) is 10.5 Å². The highest BCUT2D eigenvalue weighted by atomic mass is 16.2. The molecule has 2 N–H and O–H groups in total. The van der Waals surface area contributed by atoms with Crippen LogP contribution in [0.2, 0.25) is 0 Å². The lowest BCUT2D eigenvalue weighted by Crippen LogP contribution is -2.51. The van der Waals surface area contributed by atoms with Gasteiger partial charge in [0.1, 0.15) is 5.54 Å². The fourth-order valence-electron chi connectivity index (χ4n) is 5.00. The normalized spacial score (nSPS) is 20.4. The molecule has 1 spiro atoms. The van der Waals surface area contributed by atoms with Crippen molar-refractivity contribution in [3.05, 3.63) is 29.3 Å². The largest absolute Gasteiger partial charge is 0.340 e. The minimum atomic E-state index is -0.733. The van der Waals surface area contributed by atoms with E-state index < -0.39 is 5.54 Å². The Hall–Kier alpha value is -2.94. The molecular formula is C24H33N5O4. The SMILES string of the molecule is Cc1cccc(NC(=O)CN2CCN(C(=O)CCN3C(=O)NC4(CCCC4)C3=O)CC2)c1C. The third-order valence-corrected chi connectivity index (χ3v) is 7.22. The van der Waals surface area contributed by atoms with E-state index in [0.29, 0.717) is 39.0 Å². The summed E-state index contributed by atoms with van der Waals surface area (Å²) in [6.45, 7) is 6.67. The van der Waals surface area contributed by atoms with E-state index in [1.807, 2.05) is 36.9 Å². The number of anilines is 1. The maximum atomic E-state index is 12.7. The second-order valence-corrected chi connectivity index (χ2v) is 9.38. The maximum absolute atomic E-state index is 12.7. The van der Waals surface area contributed by atoms with Crippen molar-refractivity contribution in [3.8, 4) is 0 Å². The van der Waals surface area contributed by atoms with Crippen LogP contribution < -0.4 is 10.6 Å². The average Bonchev–Trinajstić information content (AvgIpc) is 3.35. The predicted molar refractivity (Wildman–Crippen MR) is 124 cm³/mol. The lowest BCUT2D eigenvalue weighted by atomic mass is 9.98. The van der Waals surface area contributed by atoms with Crippen LogP contribution in [-0.2, 0) is 14.4 Å². The summed E-state index contributed by atoms with van der Waals surface area (Å²) in [5, 5.41) is 5.82. The lowest BCUT2D eigenvalue weighted by molar-refractivity contribution is -0.134. The van der Waals surface area contributed by atoms with Crippen LogP contribution in [0, 0.1) is 13.8 Å². The van der Waals surface area contributed by atoms with Gasteiger partial charge in [0.25, 0.3) is 5.91 Å². The zero-order valence-corrected chi connectivity index (χ0v) is 19.5. The molecule has 2 heterocycles. The topological polar surface area (TPSA) is 102 Å². The smallest absolute Gasteiger partial charge is 0.325 e. The minimum absolute atomic E-state index is 0.0668. The van der Waals surface area contributed by atoms with E-state index >= 15 is 0 Å². The molecule has 2 saturated heterocycles. The highest BCUT2D eigenvalue weighted by Crippen LogP contribution is 2.35. The van der Waals surface area contributed by atoms with E-state index in [-0.39, 0.29) is 43.3 Å².